The van der Waals surface area contributed by atoms with Gasteiger partial charge < -0.3 is 15.3 Å². The normalized spacial score (nSPS) is 19.3. The Morgan fingerprint density at radius 2 is 2.26 bits per heavy atom. The monoisotopic (exact) mass is 279 g/mol. The van der Waals surface area contributed by atoms with E-state index < -0.39 is 0 Å². The number of halogens is 1. The summed E-state index contributed by atoms with van der Waals surface area (Å²) in [7, 11) is 0. The Kier molecular flexibility index (Phi) is 6.20. The highest BCUT2D eigenvalue weighted by Crippen LogP contribution is 2.21. The second-order valence-corrected chi connectivity index (χ2v) is 4.55. The molecular weight excluding hydrogens is 262 g/mol. The quantitative estimate of drug-likeness (QED) is 0.445. The highest BCUT2D eigenvalue weighted by Gasteiger charge is 2.25. The molecule has 102 valence electrons. The summed E-state index contributed by atoms with van der Waals surface area (Å²) in [5, 5.41) is 21.3. The Balaban J connectivity index is 2.44. The Morgan fingerprint density at radius 1 is 1.58 bits per heavy atom. The maximum absolute atomic E-state index is 9.25. The Morgan fingerprint density at radius 3 is 2.89 bits per heavy atom. The van der Waals surface area contributed by atoms with Crippen LogP contribution in [0.1, 0.15) is 13.3 Å². The molecule has 4 nitrogen and oxygen atoms in total. The predicted octanol–water partition coefficient (Wildman–Crippen LogP) is 2.22. The Hall–Kier alpha value is -1.70. The zero-order chi connectivity index (χ0) is 14.3. The zero-order valence-electron chi connectivity index (χ0n) is 10.9. The maximum Gasteiger partial charge on any atom is 0.125 e. The summed E-state index contributed by atoms with van der Waals surface area (Å²) in [5.41, 5.74) is 1.25. The lowest BCUT2D eigenvalue weighted by Crippen LogP contribution is -2.35. The minimum absolute atomic E-state index is 0.0710. The first-order valence-corrected chi connectivity index (χ1v) is 6.40. The van der Waals surface area contributed by atoms with Crippen LogP contribution in [-0.4, -0.2) is 29.3 Å². The van der Waals surface area contributed by atoms with Crippen molar-refractivity contribution < 1.29 is 5.11 Å². The van der Waals surface area contributed by atoms with Crippen molar-refractivity contribution in [3.05, 3.63) is 47.3 Å². The number of hydrogen-bond acceptors (Lipinski definition) is 4. The molecule has 5 heteroatoms. The SMILES string of the molecule is C=C(C#N)C/C=C/C=C/CN1C(CO)=C(Cl)NC1C. The van der Waals surface area contributed by atoms with Gasteiger partial charge in [0.25, 0.3) is 0 Å². The molecule has 0 spiro atoms. The van der Waals surface area contributed by atoms with E-state index in [2.05, 4.69) is 11.9 Å². The molecule has 1 unspecified atom stereocenters. The standard InChI is InChI=1S/C14H18ClN3O/c1-11(9-16)7-5-3-4-6-8-18-12(2)17-14(15)13(18)10-19/h3-6,12,17,19H,1,7-8,10H2,2H3/b5-3+,6-4+. The number of aliphatic hydroxyl groups excluding tert-OH is 1. The van der Waals surface area contributed by atoms with Gasteiger partial charge in [-0.2, -0.15) is 5.26 Å². The molecule has 0 aromatic rings. The van der Waals surface area contributed by atoms with Gasteiger partial charge in [-0.15, -0.1) is 0 Å². The van der Waals surface area contributed by atoms with Crippen molar-refractivity contribution in [1.29, 1.82) is 5.26 Å². The summed E-state index contributed by atoms with van der Waals surface area (Å²) in [6.07, 6.45) is 8.26. The van der Waals surface area contributed by atoms with E-state index in [9.17, 15) is 5.11 Å². The number of hydrogen-bond donors (Lipinski definition) is 2. The van der Waals surface area contributed by atoms with Crippen molar-refractivity contribution in [3.63, 3.8) is 0 Å². The van der Waals surface area contributed by atoms with Gasteiger partial charge in [0, 0.05) is 18.5 Å². The number of aliphatic hydroxyl groups is 1. The van der Waals surface area contributed by atoms with Crippen molar-refractivity contribution in [1.82, 2.24) is 10.2 Å². The fourth-order valence-corrected chi connectivity index (χ4v) is 2.05. The van der Waals surface area contributed by atoms with Crippen LogP contribution in [0.4, 0.5) is 0 Å². The third-order valence-corrected chi connectivity index (χ3v) is 3.09. The highest BCUT2D eigenvalue weighted by atomic mass is 35.5. The van der Waals surface area contributed by atoms with Crippen LogP contribution in [0.5, 0.6) is 0 Å². The van der Waals surface area contributed by atoms with Gasteiger partial charge in [0.2, 0.25) is 0 Å². The van der Waals surface area contributed by atoms with E-state index >= 15 is 0 Å². The predicted molar refractivity (Wildman–Crippen MR) is 76.9 cm³/mol. The lowest BCUT2D eigenvalue weighted by molar-refractivity contribution is 0.239. The van der Waals surface area contributed by atoms with Crippen molar-refractivity contribution >= 4 is 11.6 Å². The fourth-order valence-electron chi connectivity index (χ4n) is 1.72. The smallest absolute Gasteiger partial charge is 0.125 e. The summed E-state index contributed by atoms with van der Waals surface area (Å²) < 4.78 is 0. The zero-order valence-corrected chi connectivity index (χ0v) is 11.7. The average Bonchev–Trinajstić information content (AvgIpc) is 2.67. The molecule has 19 heavy (non-hydrogen) atoms. The molecule has 2 N–H and O–H groups in total. The largest absolute Gasteiger partial charge is 0.390 e. The molecule has 0 amide bonds. The van der Waals surface area contributed by atoms with Crippen molar-refractivity contribution in [2.45, 2.75) is 19.5 Å². The molecule has 0 aliphatic carbocycles. The second-order valence-electron chi connectivity index (χ2n) is 4.17. The Labute approximate surface area is 119 Å². The first kappa shape index (κ1) is 15.4. The molecule has 1 heterocycles. The molecule has 0 aromatic heterocycles. The van der Waals surface area contributed by atoms with Gasteiger partial charge in [-0.3, -0.25) is 0 Å². The van der Waals surface area contributed by atoms with Crippen LogP contribution < -0.4 is 5.32 Å². The summed E-state index contributed by atoms with van der Waals surface area (Å²) in [5.74, 6) is 0. The van der Waals surface area contributed by atoms with Crippen LogP contribution in [-0.2, 0) is 0 Å². The summed E-state index contributed by atoms with van der Waals surface area (Å²) in [4.78, 5) is 1.99. The lowest BCUT2D eigenvalue weighted by Gasteiger charge is -2.23. The first-order valence-electron chi connectivity index (χ1n) is 6.02. The minimum atomic E-state index is -0.0815. The van der Waals surface area contributed by atoms with E-state index in [0.29, 0.717) is 29.4 Å². The van der Waals surface area contributed by atoms with E-state index in [1.54, 1.807) is 0 Å². The van der Waals surface area contributed by atoms with Gasteiger partial charge >= 0.3 is 0 Å². The van der Waals surface area contributed by atoms with Gasteiger partial charge in [0.15, 0.2) is 0 Å². The molecule has 1 rings (SSSR count). The Bertz CT molecular complexity index is 460. The minimum Gasteiger partial charge on any atom is -0.390 e. The number of nitrogens with one attached hydrogen (secondary N) is 1. The van der Waals surface area contributed by atoms with Crippen LogP contribution in [0.25, 0.3) is 0 Å². The highest BCUT2D eigenvalue weighted by molar-refractivity contribution is 6.29. The molecular formula is C14H18ClN3O. The van der Waals surface area contributed by atoms with Crippen LogP contribution in [0.2, 0.25) is 0 Å². The van der Waals surface area contributed by atoms with E-state index in [1.165, 1.54) is 0 Å². The topological polar surface area (TPSA) is 59.3 Å². The van der Waals surface area contributed by atoms with E-state index in [4.69, 9.17) is 16.9 Å². The van der Waals surface area contributed by atoms with E-state index in [-0.39, 0.29) is 12.8 Å². The van der Waals surface area contributed by atoms with E-state index in [1.807, 2.05) is 42.2 Å². The molecule has 0 radical (unpaired) electrons. The van der Waals surface area contributed by atoms with Crippen LogP contribution in [0.15, 0.2) is 47.3 Å². The number of nitriles is 1. The molecule has 0 bridgehead atoms. The van der Waals surface area contributed by atoms with Crippen LogP contribution in [0.3, 0.4) is 0 Å². The number of nitrogens with zero attached hydrogens (tertiary/aromatic N) is 2. The summed E-state index contributed by atoms with van der Waals surface area (Å²) >= 11 is 5.97. The van der Waals surface area contributed by atoms with Crippen molar-refractivity contribution in [2.75, 3.05) is 13.2 Å². The molecule has 0 aromatic carbocycles. The van der Waals surface area contributed by atoms with Crippen molar-refractivity contribution in [3.8, 4) is 6.07 Å². The fraction of sp³-hybridized carbons (Fsp3) is 0.357. The molecule has 1 aliphatic heterocycles. The number of allylic oxidation sites excluding steroid dienone is 4. The summed E-state index contributed by atoms with van der Waals surface area (Å²) in [6.45, 7) is 6.14. The van der Waals surface area contributed by atoms with E-state index in [0.717, 1.165) is 0 Å². The third-order valence-electron chi connectivity index (χ3n) is 2.76. The van der Waals surface area contributed by atoms with Gasteiger partial charge in [-0.25, -0.2) is 0 Å². The maximum atomic E-state index is 9.25. The molecule has 1 aliphatic rings. The van der Waals surface area contributed by atoms with Gasteiger partial charge in [-0.05, 0) is 6.92 Å². The molecule has 0 saturated carbocycles. The lowest BCUT2D eigenvalue weighted by atomic mass is 10.2. The van der Waals surface area contributed by atoms with Gasteiger partial charge in [0.05, 0.1) is 24.5 Å². The van der Waals surface area contributed by atoms with Crippen LogP contribution >= 0.6 is 11.6 Å². The van der Waals surface area contributed by atoms with Gasteiger partial charge in [-0.1, -0.05) is 42.5 Å². The molecule has 0 saturated heterocycles. The summed E-state index contributed by atoms with van der Waals surface area (Å²) in [6, 6.07) is 1.99. The number of rotatable bonds is 6. The molecule has 0 fully saturated rings. The first-order chi connectivity index (χ1) is 9.10. The average molecular weight is 280 g/mol. The molecule has 1 atom stereocenters. The van der Waals surface area contributed by atoms with Gasteiger partial charge in [0.1, 0.15) is 5.16 Å². The second kappa shape index (κ2) is 7.67. The van der Waals surface area contributed by atoms with Crippen molar-refractivity contribution in [2.24, 2.45) is 0 Å². The third kappa shape index (κ3) is 4.47. The van der Waals surface area contributed by atoms with Crippen LogP contribution in [0, 0.1) is 11.3 Å².